The lowest BCUT2D eigenvalue weighted by atomic mass is 10.1. The number of amides is 1. The number of anilines is 1. The van der Waals surface area contributed by atoms with Crippen LogP contribution in [0.25, 0.3) is 10.9 Å². The molecule has 2 heterocycles. The summed E-state index contributed by atoms with van der Waals surface area (Å²) < 4.78 is 2.11. The molecule has 4 heteroatoms. The minimum absolute atomic E-state index is 0.135. The van der Waals surface area contributed by atoms with Crippen molar-refractivity contribution in [3.05, 3.63) is 65.9 Å². The quantitative estimate of drug-likeness (QED) is 0.681. The second-order valence-electron chi connectivity index (χ2n) is 7.50. The third-order valence-corrected chi connectivity index (χ3v) is 5.58. The first-order valence-corrected chi connectivity index (χ1v) is 9.75. The molecule has 3 aromatic rings. The van der Waals surface area contributed by atoms with Crippen molar-refractivity contribution in [3.8, 4) is 0 Å². The highest BCUT2D eigenvalue weighted by Gasteiger charge is 2.18. The Morgan fingerprint density at radius 1 is 1.04 bits per heavy atom. The van der Waals surface area contributed by atoms with Gasteiger partial charge in [-0.25, -0.2) is 0 Å². The Labute approximate surface area is 161 Å². The number of para-hydroxylation sites is 2. The summed E-state index contributed by atoms with van der Waals surface area (Å²) in [6, 6.07) is 18.9. The lowest BCUT2D eigenvalue weighted by molar-refractivity contribution is -0.131. The van der Waals surface area contributed by atoms with Crippen molar-refractivity contribution >= 4 is 22.5 Å². The van der Waals surface area contributed by atoms with Crippen LogP contribution in [0, 0.1) is 6.92 Å². The molecule has 2 aromatic carbocycles. The third kappa shape index (κ3) is 3.57. The average molecular weight is 361 g/mol. The topological polar surface area (TPSA) is 28.5 Å². The Bertz CT molecular complexity index is 953. The third-order valence-electron chi connectivity index (χ3n) is 5.58. The van der Waals surface area contributed by atoms with Crippen molar-refractivity contribution in [1.82, 2.24) is 9.47 Å². The monoisotopic (exact) mass is 361 g/mol. The summed E-state index contributed by atoms with van der Waals surface area (Å²) in [4.78, 5) is 17.2. The van der Waals surface area contributed by atoms with Gasteiger partial charge < -0.3 is 14.4 Å². The Balaban J connectivity index is 1.51. The van der Waals surface area contributed by atoms with Gasteiger partial charge in [-0.05, 0) is 48.9 Å². The molecule has 1 aliphatic heterocycles. The number of nitrogens with zero attached hydrogens (tertiary/aromatic N) is 3. The van der Waals surface area contributed by atoms with Crippen molar-refractivity contribution in [2.75, 3.05) is 25.0 Å². The minimum Gasteiger partial charge on any atom is -0.371 e. The van der Waals surface area contributed by atoms with Gasteiger partial charge in [0.05, 0.1) is 0 Å². The minimum atomic E-state index is 0.135. The maximum Gasteiger partial charge on any atom is 0.242 e. The Kier molecular flexibility index (Phi) is 4.88. The fraction of sp³-hybridized carbons (Fsp3) is 0.348. The first-order valence-electron chi connectivity index (χ1n) is 9.75. The van der Waals surface area contributed by atoms with E-state index in [4.69, 9.17) is 0 Å². The number of likely N-dealkylation sites (N-methyl/N-ethyl adjacent to an activating group) is 1. The summed E-state index contributed by atoms with van der Waals surface area (Å²) in [5, 5.41) is 1.19. The van der Waals surface area contributed by atoms with Crippen LogP contribution in [0.2, 0.25) is 0 Å². The van der Waals surface area contributed by atoms with Gasteiger partial charge in [-0.3, -0.25) is 4.79 Å². The molecule has 1 aromatic heterocycles. The zero-order valence-corrected chi connectivity index (χ0v) is 16.2. The maximum atomic E-state index is 12.9. The van der Waals surface area contributed by atoms with Gasteiger partial charge in [0.15, 0.2) is 0 Å². The zero-order valence-electron chi connectivity index (χ0n) is 16.2. The zero-order chi connectivity index (χ0) is 18.8. The van der Waals surface area contributed by atoms with E-state index in [1.54, 1.807) is 0 Å². The van der Waals surface area contributed by atoms with Crippen LogP contribution < -0.4 is 4.90 Å². The van der Waals surface area contributed by atoms with Crippen molar-refractivity contribution in [1.29, 1.82) is 0 Å². The molecule has 0 saturated carbocycles. The van der Waals surface area contributed by atoms with E-state index in [9.17, 15) is 4.79 Å². The molecule has 1 amide bonds. The Hall–Kier alpha value is -2.75. The van der Waals surface area contributed by atoms with E-state index in [-0.39, 0.29) is 5.91 Å². The fourth-order valence-electron chi connectivity index (χ4n) is 4.07. The smallest absolute Gasteiger partial charge is 0.242 e. The predicted octanol–water partition coefficient (Wildman–Crippen LogP) is 4.21. The number of aromatic nitrogens is 1. The van der Waals surface area contributed by atoms with Crippen molar-refractivity contribution < 1.29 is 4.79 Å². The molecule has 0 aliphatic carbocycles. The molecule has 1 saturated heterocycles. The van der Waals surface area contributed by atoms with Crippen LogP contribution in [0.3, 0.4) is 0 Å². The van der Waals surface area contributed by atoms with Crippen molar-refractivity contribution in [2.24, 2.45) is 0 Å². The summed E-state index contributed by atoms with van der Waals surface area (Å²) in [5.74, 6) is 0.135. The number of carbonyl (C=O) groups is 1. The number of benzene rings is 2. The van der Waals surface area contributed by atoms with Crippen LogP contribution >= 0.6 is 0 Å². The number of carbonyl (C=O) groups excluding carboxylic acids is 1. The molecule has 1 aliphatic rings. The van der Waals surface area contributed by atoms with Crippen molar-refractivity contribution in [3.63, 3.8) is 0 Å². The molecule has 0 radical (unpaired) electrons. The lowest BCUT2D eigenvalue weighted by Crippen LogP contribution is -2.31. The molecule has 4 rings (SSSR count). The first kappa shape index (κ1) is 17.7. The molecule has 4 nitrogen and oxygen atoms in total. The highest BCUT2D eigenvalue weighted by Crippen LogP contribution is 2.26. The first-order chi connectivity index (χ1) is 13.1. The molecule has 0 bridgehead atoms. The SMILES string of the molecule is Cc1cc2ccccc2n1CC(=O)N(C)Cc1ccccc1N1CCCC1. The number of aryl methyl sites for hydroxylation is 1. The molecule has 0 N–H and O–H groups in total. The van der Waals surface area contributed by atoms with E-state index < -0.39 is 0 Å². The Morgan fingerprint density at radius 3 is 2.56 bits per heavy atom. The highest BCUT2D eigenvalue weighted by molar-refractivity contribution is 5.84. The van der Waals surface area contributed by atoms with Gasteiger partial charge in [-0.2, -0.15) is 0 Å². The molecule has 1 fully saturated rings. The number of rotatable bonds is 5. The standard InChI is InChI=1S/C23H27N3O/c1-18-15-19-9-3-6-12-22(19)26(18)17-23(27)24(2)16-20-10-4-5-11-21(20)25-13-7-8-14-25/h3-6,9-12,15H,7-8,13-14,16-17H2,1-2H3. The van der Waals surface area contributed by atoms with E-state index in [0.717, 1.165) is 24.3 Å². The summed E-state index contributed by atoms with van der Waals surface area (Å²) in [6.07, 6.45) is 2.51. The number of hydrogen-bond donors (Lipinski definition) is 0. The van der Waals surface area contributed by atoms with Gasteiger partial charge in [0.25, 0.3) is 0 Å². The average Bonchev–Trinajstić information content (AvgIpc) is 3.31. The second kappa shape index (κ2) is 7.47. The van der Waals surface area contributed by atoms with Crippen LogP contribution in [0.4, 0.5) is 5.69 Å². The molecule has 140 valence electrons. The fourth-order valence-corrected chi connectivity index (χ4v) is 4.07. The van der Waals surface area contributed by atoms with E-state index in [2.05, 4.69) is 58.9 Å². The molecule has 27 heavy (non-hydrogen) atoms. The molecular formula is C23H27N3O. The van der Waals surface area contributed by atoms with Crippen molar-refractivity contribution in [2.45, 2.75) is 32.9 Å². The normalized spacial score (nSPS) is 14.1. The van der Waals surface area contributed by atoms with Gasteiger partial charge in [-0.1, -0.05) is 36.4 Å². The number of hydrogen-bond acceptors (Lipinski definition) is 2. The second-order valence-corrected chi connectivity index (χ2v) is 7.50. The molecular weight excluding hydrogens is 334 g/mol. The molecule has 0 spiro atoms. The summed E-state index contributed by atoms with van der Waals surface area (Å²) in [7, 11) is 1.91. The largest absolute Gasteiger partial charge is 0.371 e. The van der Waals surface area contributed by atoms with Gasteiger partial charge in [0.2, 0.25) is 5.91 Å². The van der Waals surface area contributed by atoms with Gasteiger partial charge in [-0.15, -0.1) is 0 Å². The molecule has 0 unspecified atom stereocenters. The van der Waals surface area contributed by atoms with Gasteiger partial charge in [0.1, 0.15) is 6.54 Å². The van der Waals surface area contributed by atoms with Gasteiger partial charge >= 0.3 is 0 Å². The van der Waals surface area contributed by atoms with Crippen LogP contribution in [0.1, 0.15) is 24.1 Å². The number of fused-ring (bicyclic) bond motifs is 1. The van der Waals surface area contributed by atoms with Crippen LogP contribution in [-0.2, 0) is 17.9 Å². The maximum absolute atomic E-state index is 12.9. The van der Waals surface area contributed by atoms with E-state index in [1.807, 2.05) is 24.1 Å². The van der Waals surface area contributed by atoms with E-state index >= 15 is 0 Å². The van der Waals surface area contributed by atoms with E-state index in [0.29, 0.717) is 13.1 Å². The van der Waals surface area contributed by atoms with Gasteiger partial charge in [0, 0.05) is 43.6 Å². The van der Waals surface area contributed by atoms with Crippen LogP contribution in [0.5, 0.6) is 0 Å². The van der Waals surface area contributed by atoms with E-state index in [1.165, 1.54) is 29.5 Å². The highest BCUT2D eigenvalue weighted by atomic mass is 16.2. The summed E-state index contributed by atoms with van der Waals surface area (Å²) >= 11 is 0. The summed E-state index contributed by atoms with van der Waals surface area (Å²) in [6.45, 7) is 5.31. The lowest BCUT2D eigenvalue weighted by Gasteiger charge is -2.25. The summed E-state index contributed by atoms with van der Waals surface area (Å²) in [5.41, 5.74) is 4.74. The molecule has 0 atom stereocenters. The van der Waals surface area contributed by atoms with Crippen LogP contribution in [0.15, 0.2) is 54.6 Å². The predicted molar refractivity (Wildman–Crippen MR) is 111 cm³/mol. The Morgan fingerprint density at radius 2 is 1.74 bits per heavy atom. The van der Waals surface area contributed by atoms with Crippen LogP contribution in [-0.4, -0.2) is 35.5 Å².